The lowest BCUT2D eigenvalue weighted by molar-refractivity contribution is -0.143. The Bertz CT molecular complexity index is 495. The van der Waals surface area contributed by atoms with Gasteiger partial charge in [-0.1, -0.05) is 0 Å². The Hall–Kier alpha value is -2.32. The van der Waals surface area contributed by atoms with Crippen molar-refractivity contribution in [2.75, 3.05) is 13.9 Å². The minimum Gasteiger partial charge on any atom is -0.508 e. The maximum absolute atomic E-state index is 11.1. The van der Waals surface area contributed by atoms with Crippen LogP contribution in [0.15, 0.2) is 18.2 Å². The molecule has 0 aromatic heterocycles. The molecule has 1 aromatic carbocycles. The van der Waals surface area contributed by atoms with Crippen LogP contribution in [-0.2, 0) is 19.9 Å². The van der Waals surface area contributed by atoms with Crippen molar-refractivity contribution in [3.8, 4) is 11.5 Å². The van der Waals surface area contributed by atoms with Gasteiger partial charge in [0.15, 0.2) is 6.79 Å². The average Bonchev–Trinajstić information content (AvgIpc) is 2.35. The Labute approximate surface area is 121 Å². The number of hydrogen-bond donors (Lipinski definition) is 4. The Kier molecular flexibility index (Phi) is 7.18. The van der Waals surface area contributed by atoms with E-state index in [0.29, 0.717) is 0 Å². The van der Waals surface area contributed by atoms with E-state index in [0.717, 1.165) is 6.92 Å². The van der Waals surface area contributed by atoms with Crippen molar-refractivity contribution in [1.29, 1.82) is 0 Å². The summed E-state index contributed by atoms with van der Waals surface area (Å²) in [5.74, 6) is -1.88. The highest BCUT2D eigenvalue weighted by atomic mass is 16.7. The SMILES string of the molecule is CC(=O)O.COCOc1cc(O)ccc1C(C)(N)C(=O)O. The van der Waals surface area contributed by atoms with Crippen molar-refractivity contribution in [2.24, 2.45) is 5.73 Å². The third-order valence-electron chi connectivity index (χ3n) is 2.30. The van der Waals surface area contributed by atoms with Crippen LogP contribution in [0.4, 0.5) is 0 Å². The zero-order chi connectivity index (χ0) is 16.6. The van der Waals surface area contributed by atoms with Gasteiger partial charge in [-0.3, -0.25) is 4.79 Å². The predicted molar refractivity (Wildman–Crippen MR) is 73.1 cm³/mol. The summed E-state index contributed by atoms with van der Waals surface area (Å²) >= 11 is 0. The summed E-state index contributed by atoms with van der Waals surface area (Å²) in [4.78, 5) is 20.1. The molecule has 0 aliphatic rings. The van der Waals surface area contributed by atoms with Crippen molar-refractivity contribution in [1.82, 2.24) is 0 Å². The summed E-state index contributed by atoms with van der Waals surface area (Å²) in [6, 6.07) is 4.06. The fourth-order valence-corrected chi connectivity index (χ4v) is 1.30. The Morgan fingerprint density at radius 2 is 1.86 bits per heavy atom. The van der Waals surface area contributed by atoms with Gasteiger partial charge >= 0.3 is 5.97 Å². The highest BCUT2D eigenvalue weighted by Crippen LogP contribution is 2.31. The Balaban J connectivity index is 0.000000885. The average molecular weight is 301 g/mol. The molecule has 8 nitrogen and oxygen atoms in total. The molecule has 0 saturated heterocycles. The van der Waals surface area contributed by atoms with Gasteiger partial charge in [0, 0.05) is 25.7 Å². The van der Waals surface area contributed by atoms with E-state index in [1.54, 1.807) is 0 Å². The minimum atomic E-state index is -1.60. The van der Waals surface area contributed by atoms with Crippen LogP contribution in [0.3, 0.4) is 0 Å². The van der Waals surface area contributed by atoms with Gasteiger partial charge in [-0.25, -0.2) is 4.79 Å². The lowest BCUT2D eigenvalue weighted by Gasteiger charge is -2.22. The van der Waals surface area contributed by atoms with E-state index in [4.69, 9.17) is 30.2 Å². The molecule has 0 aliphatic carbocycles. The largest absolute Gasteiger partial charge is 0.508 e. The molecule has 8 heteroatoms. The van der Waals surface area contributed by atoms with Crippen LogP contribution < -0.4 is 10.5 Å². The number of nitrogens with two attached hydrogens (primary N) is 1. The number of methoxy groups -OCH3 is 1. The molecular weight excluding hydrogens is 282 g/mol. The molecule has 0 spiro atoms. The van der Waals surface area contributed by atoms with E-state index in [1.807, 2.05) is 0 Å². The van der Waals surface area contributed by atoms with Crippen LogP contribution in [0.1, 0.15) is 19.4 Å². The van der Waals surface area contributed by atoms with Crippen molar-refractivity contribution in [3.63, 3.8) is 0 Å². The van der Waals surface area contributed by atoms with Crippen LogP contribution in [0.2, 0.25) is 0 Å². The lowest BCUT2D eigenvalue weighted by Crippen LogP contribution is -2.42. The smallest absolute Gasteiger partial charge is 0.328 e. The number of aromatic hydroxyl groups is 1. The van der Waals surface area contributed by atoms with Gasteiger partial charge in [-0.2, -0.15) is 0 Å². The molecule has 0 amide bonds. The van der Waals surface area contributed by atoms with Crippen LogP contribution in [0.25, 0.3) is 0 Å². The van der Waals surface area contributed by atoms with Gasteiger partial charge in [-0.15, -0.1) is 0 Å². The molecule has 21 heavy (non-hydrogen) atoms. The fraction of sp³-hybridized carbons (Fsp3) is 0.385. The van der Waals surface area contributed by atoms with Crippen LogP contribution in [0.5, 0.6) is 11.5 Å². The standard InChI is InChI=1S/C11H15NO5.C2H4O2/c1-11(12,10(14)15)8-4-3-7(13)5-9(8)17-6-16-2;1-2(3)4/h3-5,13H,6,12H2,1-2H3,(H,14,15);1H3,(H,3,4). The minimum absolute atomic E-state index is 0.0407. The van der Waals surface area contributed by atoms with Crippen molar-refractivity contribution >= 4 is 11.9 Å². The summed E-state index contributed by atoms with van der Waals surface area (Å²) in [6.45, 7) is 2.37. The maximum atomic E-state index is 11.1. The number of benzene rings is 1. The zero-order valence-electron chi connectivity index (χ0n) is 12.0. The number of carboxylic acid groups (broad SMARTS) is 2. The molecular formula is C13H19NO7. The van der Waals surface area contributed by atoms with E-state index in [-0.39, 0.29) is 23.9 Å². The van der Waals surface area contributed by atoms with Crippen molar-refractivity contribution < 1.29 is 34.4 Å². The quantitative estimate of drug-likeness (QED) is 0.583. The molecule has 1 rings (SSSR count). The highest BCUT2D eigenvalue weighted by Gasteiger charge is 2.33. The second-order valence-corrected chi connectivity index (χ2v) is 4.26. The van der Waals surface area contributed by atoms with Gasteiger partial charge in [0.25, 0.3) is 5.97 Å². The molecule has 118 valence electrons. The third kappa shape index (κ3) is 6.11. The number of hydrogen-bond acceptors (Lipinski definition) is 6. The number of phenols is 1. The predicted octanol–water partition coefficient (Wildman–Crippen LogP) is 0.724. The number of ether oxygens (including phenoxy) is 2. The Morgan fingerprint density at radius 3 is 2.29 bits per heavy atom. The Morgan fingerprint density at radius 1 is 1.33 bits per heavy atom. The molecule has 1 atom stereocenters. The number of phenolic OH excluding ortho intramolecular Hbond substituents is 1. The second kappa shape index (κ2) is 8.08. The first-order chi connectivity index (χ1) is 9.62. The number of rotatable bonds is 5. The lowest BCUT2D eigenvalue weighted by atomic mass is 9.92. The first-order valence-electron chi connectivity index (χ1n) is 5.80. The summed E-state index contributed by atoms with van der Waals surface area (Å²) in [7, 11) is 1.43. The summed E-state index contributed by atoms with van der Waals surface area (Å²) < 4.78 is 9.90. The number of aliphatic carboxylic acids is 2. The van der Waals surface area contributed by atoms with E-state index in [1.165, 1.54) is 32.2 Å². The number of carboxylic acids is 2. The molecule has 0 bridgehead atoms. The van der Waals surface area contributed by atoms with E-state index >= 15 is 0 Å². The van der Waals surface area contributed by atoms with Crippen LogP contribution >= 0.6 is 0 Å². The van der Waals surface area contributed by atoms with Crippen molar-refractivity contribution in [2.45, 2.75) is 19.4 Å². The van der Waals surface area contributed by atoms with E-state index in [9.17, 15) is 9.90 Å². The molecule has 1 aromatic rings. The second-order valence-electron chi connectivity index (χ2n) is 4.26. The van der Waals surface area contributed by atoms with Gasteiger partial charge < -0.3 is 30.5 Å². The molecule has 0 fully saturated rings. The van der Waals surface area contributed by atoms with E-state index < -0.39 is 17.5 Å². The molecule has 0 aliphatic heterocycles. The summed E-state index contributed by atoms with van der Waals surface area (Å²) in [5, 5.41) is 25.8. The van der Waals surface area contributed by atoms with Gasteiger partial charge in [0.2, 0.25) is 0 Å². The molecule has 0 saturated carbocycles. The van der Waals surface area contributed by atoms with Gasteiger partial charge in [0.1, 0.15) is 17.0 Å². The third-order valence-corrected chi connectivity index (χ3v) is 2.30. The van der Waals surface area contributed by atoms with Crippen molar-refractivity contribution in [3.05, 3.63) is 23.8 Å². The monoisotopic (exact) mass is 301 g/mol. The summed E-state index contributed by atoms with van der Waals surface area (Å²) in [6.07, 6.45) is 0. The van der Waals surface area contributed by atoms with E-state index in [2.05, 4.69) is 0 Å². The fourth-order valence-electron chi connectivity index (χ4n) is 1.30. The first kappa shape index (κ1) is 18.7. The number of carbonyl (C=O) groups is 2. The van der Waals surface area contributed by atoms with Crippen LogP contribution in [0, 0.1) is 0 Å². The molecule has 1 unspecified atom stereocenters. The highest BCUT2D eigenvalue weighted by molar-refractivity contribution is 5.81. The molecule has 5 N–H and O–H groups in total. The maximum Gasteiger partial charge on any atom is 0.328 e. The normalized spacial score (nSPS) is 12.6. The topological polar surface area (TPSA) is 139 Å². The van der Waals surface area contributed by atoms with Gasteiger partial charge in [-0.05, 0) is 19.1 Å². The van der Waals surface area contributed by atoms with Gasteiger partial charge in [0.05, 0.1) is 0 Å². The summed E-state index contributed by atoms with van der Waals surface area (Å²) in [5.41, 5.74) is 4.36. The molecule has 0 radical (unpaired) electrons. The molecule has 0 heterocycles. The first-order valence-corrected chi connectivity index (χ1v) is 5.80. The van der Waals surface area contributed by atoms with Crippen LogP contribution in [-0.4, -0.2) is 41.2 Å². The zero-order valence-corrected chi connectivity index (χ0v) is 12.0.